The maximum Gasteiger partial charge on any atom is 0.252 e. The van der Waals surface area contributed by atoms with Crippen LogP contribution in [0.4, 0.5) is 5.82 Å². The summed E-state index contributed by atoms with van der Waals surface area (Å²) in [6, 6.07) is 13.8. The van der Waals surface area contributed by atoms with E-state index in [1.807, 2.05) is 41.8 Å². The minimum absolute atomic E-state index is 0.0520. The van der Waals surface area contributed by atoms with Crippen LogP contribution in [0, 0.1) is 0 Å². The Morgan fingerprint density at radius 2 is 2.07 bits per heavy atom. The molecule has 0 radical (unpaired) electrons. The summed E-state index contributed by atoms with van der Waals surface area (Å²) >= 11 is 1.60. The largest absolute Gasteiger partial charge is 0.363 e. The number of carbonyl (C=O) groups is 1. The van der Waals surface area contributed by atoms with Gasteiger partial charge in [0, 0.05) is 11.4 Å². The van der Waals surface area contributed by atoms with E-state index in [-0.39, 0.29) is 5.91 Å². The van der Waals surface area contributed by atoms with Crippen molar-refractivity contribution in [1.82, 2.24) is 25.5 Å². The average molecular weight is 390 g/mol. The lowest BCUT2D eigenvalue weighted by molar-refractivity contribution is 0.0952. The minimum atomic E-state index is -0.0520. The molecule has 1 fully saturated rings. The second-order valence-electron chi connectivity index (χ2n) is 6.76. The number of benzene rings is 1. The Morgan fingerprint density at radius 3 is 2.89 bits per heavy atom. The van der Waals surface area contributed by atoms with Gasteiger partial charge in [-0.3, -0.25) is 9.89 Å². The number of rotatable bonds is 6. The highest BCUT2D eigenvalue weighted by atomic mass is 32.1. The molecule has 140 valence electrons. The zero-order chi connectivity index (χ0) is 18.9. The van der Waals surface area contributed by atoms with Gasteiger partial charge in [-0.25, -0.2) is 9.97 Å². The molecule has 0 bridgehead atoms. The summed E-state index contributed by atoms with van der Waals surface area (Å²) in [7, 11) is 0. The quantitative estimate of drug-likeness (QED) is 0.468. The van der Waals surface area contributed by atoms with Crippen LogP contribution in [-0.4, -0.2) is 32.1 Å². The van der Waals surface area contributed by atoms with Gasteiger partial charge < -0.3 is 10.6 Å². The fourth-order valence-electron chi connectivity index (χ4n) is 3.01. The number of para-hydroxylation sites is 1. The second kappa shape index (κ2) is 7.05. The van der Waals surface area contributed by atoms with Crippen molar-refractivity contribution >= 4 is 34.0 Å². The van der Waals surface area contributed by atoms with Gasteiger partial charge in [-0.15, -0.1) is 11.3 Å². The number of thiophene rings is 1. The zero-order valence-electron chi connectivity index (χ0n) is 15.0. The van der Waals surface area contributed by atoms with E-state index in [0.717, 1.165) is 28.6 Å². The lowest BCUT2D eigenvalue weighted by Crippen LogP contribution is -2.25. The van der Waals surface area contributed by atoms with Gasteiger partial charge in [-0.05, 0) is 36.4 Å². The molecular weight excluding hydrogens is 372 g/mol. The minimum Gasteiger partial charge on any atom is -0.363 e. The van der Waals surface area contributed by atoms with Crippen LogP contribution in [-0.2, 0) is 6.54 Å². The summed E-state index contributed by atoms with van der Waals surface area (Å²) in [6.45, 7) is 0.438. The molecule has 28 heavy (non-hydrogen) atoms. The van der Waals surface area contributed by atoms with Gasteiger partial charge in [-0.1, -0.05) is 24.3 Å². The predicted molar refractivity (Wildman–Crippen MR) is 109 cm³/mol. The molecule has 0 unspecified atom stereocenters. The van der Waals surface area contributed by atoms with Crippen molar-refractivity contribution in [2.45, 2.75) is 25.4 Å². The number of H-pyrrole nitrogens is 1. The van der Waals surface area contributed by atoms with Crippen molar-refractivity contribution in [3.63, 3.8) is 0 Å². The van der Waals surface area contributed by atoms with Gasteiger partial charge in [0.2, 0.25) is 0 Å². The smallest absolute Gasteiger partial charge is 0.252 e. The summed E-state index contributed by atoms with van der Waals surface area (Å²) < 4.78 is 0. The number of hydrogen-bond acceptors (Lipinski definition) is 6. The fraction of sp³-hybridized carbons (Fsp3) is 0.200. The number of anilines is 1. The van der Waals surface area contributed by atoms with Gasteiger partial charge in [0.25, 0.3) is 5.91 Å². The Kier molecular flexibility index (Phi) is 4.25. The third-order valence-corrected chi connectivity index (χ3v) is 5.45. The Labute approximate surface area is 165 Å². The molecule has 0 saturated heterocycles. The van der Waals surface area contributed by atoms with Crippen molar-refractivity contribution in [2.75, 3.05) is 5.32 Å². The monoisotopic (exact) mass is 390 g/mol. The van der Waals surface area contributed by atoms with Crippen molar-refractivity contribution in [3.05, 3.63) is 59.2 Å². The number of carbonyl (C=O) groups excluding carboxylic acids is 1. The van der Waals surface area contributed by atoms with Crippen LogP contribution in [0.3, 0.4) is 0 Å². The molecular formula is C20H18N6OS. The first kappa shape index (κ1) is 16.9. The predicted octanol–water partition coefficient (Wildman–Crippen LogP) is 3.59. The molecule has 3 heterocycles. The molecule has 8 heteroatoms. The fourth-order valence-corrected chi connectivity index (χ4v) is 3.67. The molecule has 1 aromatic carbocycles. The lowest BCUT2D eigenvalue weighted by Gasteiger charge is -2.11. The van der Waals surface area contributed by atoms with E-state index >= 15 is 0 Å². The molecule has 3 N–H and O–H groups in total. The molecule has 0 atom stereocenters. The third-order valence-electron chi connectivity index (χ3n) is 4.58. The Balaban J connectivity index is 1.39. The van der Waals surface area contributed by atoms with Crippen molar-refractivity contribution < 1.29 is 4.79 Å². The van der Waals surface area contributed by atoms with Crippen molar-refractivity contribution in [2.24, 2.45) is 0 Å². The van der Waals surface area contributed by atoms with Gasteiger partial charge in [-0.2, -0.15) is 5.10 Å². The summed E-state index contributed by atoms with van der Waals surface area (Å²) in [5, 5.41) is 16.4. The highest BCUT2D eigenvalue weighted by Crippen LogP contribution is 2.24. The number of aromatic amines is 1. The Morgan fingerprint density at radius 1 is 1.18 bits per heavy atom. The van der Waals surface area contributed by atoms with E-state index < -0.39 is 0 Å². The average Bonchev–Trinajstić information content (AvgIpc) is 3.19. The molecule has 1 saturated carbocycles. The first-order valence-electron chi connectivity index (χ1n) is 9.16. The first-order chi connectivity index (χ1) is 13.8. The summed E-state index contributed by atoms with van der Waals surface area (Å²) in [5.74, 6) is 1.97. The third kappa shape index (κ3) is 3.46. The van der Waals surface area contributed by atoms with Crippen LogP contribution < -0.4 is 10.6 Å². The molecule has 0 aliphatic heterocycles. The highest BCUT2D eigenvalue weighted by Gasteiger charge is 2.25. The Hall–Kier alpha value is -3.26. The summed E-state index contributed by atoms with van der Waals surface area (Å²) in [6.07, 6.45) is 2.11. The van der Waals surface area contributed by atoms with E-state index in [1.54, 1.807) is 17.4 Å². The second-order valence-corrected chi connectivity index (χ2v) is 7.70. The standard InChI is InChI=1S/C20H18N6OS/c27-20(22-12-7-8-12)14-10-17(23-15-5-2-1-4-13(14)15)21-11-18-24-19(26-25-18)16-6-3-9-28-16/h1-6,9-10,12H,7-8,11H2,(H,21,23)(H,22,27)(H,24,25,26). The van der Waals surface area contributed by atoms with E-state index in [4.69, 9.17) is 0 Å². The number of nitrogens with one attached hydrogen (secondary N) is 3. The molecule has 7 nitrogen and oxygen atoms in total. The van der Waals surface area contributed by atoms with Gasteiger partial charge in [0.05, 0.1) is 22.5 Å². The maximum absolute atomic E-state index is 12.7. The number of fused-ring (bicyclic) bond motifs is 1. The van der Waals surface area contributed by atoms with Gasteiger partial charge in [0.1, 0.15) is 11.6 Å². The van der Waals surface area contributed by atoms with E-state index in [1.165, 1.54) is 0 Å². The first-order valence-corrected chi connectivity index (χ1v) is 10.0. The number of nitrogens with zero attached hydrogens (tertiary/aromatic N) is 3. The normalized spacial score (nSPS) is 13.6. The topological polar surface area (TPSA) is 95.6 Å². The number of pyridine rings is 1. The molecule has 3 aromatic heterocycles. The van der Waals surface area contributed by atoms with Gasteiger partial charge >= 0.3 is 0 Å². The van der Waals surface area contributed by atoms with Crippen LogP contribution in [0.1, 0.15) is 29.0 Å². The highest BCUT2D eigenvalue weighted by molar-refractivity contribution is 7.13. The Bertz CT molecular complexity index is 1130. The van der Waals surface area contributed by atoms with Crippen molar-refractivity contribution in [1.29, 1.82) is 0 Å². The summed E-state index contributed by atoms with van der Waals surface area (Å²) in [5.41, 5.74) is 1.42. The van der Waals surface area contributed by atoms with Crippen LogP contribution >= 0.6 is 11.3 Å². The van der Waals surface area contributed by atoms with E-state index in [2.05, 4.69) is 30.8 Å². The van der Waals surface area contributed by atoms with Crippen LogP contribution in [0.2, 0.25) is 0 Å². The lowest BCUT2D eigenvalue weighted by atomic mass is 10.1. The number of hydrogen-bond donors (Lipinski definition) is 3. The van der Waals surface area contributed by atoms with Crippen LogP contribution in [0.15, 0.2) is 47.8 Å². The van der Waals surface area contributed by atoms with Crippen molar-refractivity contribution in [3.8, 4) is 10.7 Å². The molecule has 5 rings (SSSR count). The molecule has 1 amide bonds. The maximum atomic E-state index is 12.7. The SMILES string of the molecule is O=C(NC1CC1)c1cc(NCc2nc(-c3cccs3)n[nH]2)nc2ccccc12. The molecule has 4 aromatic rings. The van der Waals surface area contributed by atoms with Gasteiger partial charge in [0.15, 0.2) is 5.82 Å². The summed E-state index contributed by atoms with van der Waals surface area (Å²) in [4.78, 5) is 22.8. The molecule has 1 aliphatic rings. The van der Waals surface area contributed by atoms with Crippen LogP contribution in [0.25, 0.3) is 21.6 Å². The zero-order valence-corrected chi connectivity index (χ0v) is 15.8. The number of aromatic nitrogens is 4. The molecule has 0 spiro atoms. The van der Waals surface area contributed by atoms with E-state index in [0.29, 0.717) is 35.6 Å². The van der Waals surface area contributed by atoms with E-state index in [9.17, 15) is 4.79 Å². The van der Waals surface area contributed by atoms with Crippen LogP contribution in [0.5, 0.6) is 0 Å². The number of amides is 1. The molecule has 1 aliphatic carbocycles.